The average Bonchev–Trinajstić information content (AvgIpc) is 2.55. The maximum atomic E-state index is 12.7. The number of rotatable bonds is 5. The lowest BCUT2D eigenvalue weighted by molar-refractivity contribution is -0.205. The lowest BCUT2D eigenvalue weighted by Gasteiger charge is -2.50. The fourth-order valence-electron chi connectivity index (χ4n) is 3.04. The van der Waals surface area contributed by atoms with E-state index in [2.05, 4.69) is 5.43 Å². The number of carbonyl (C=O) groups excluding carboxylic acids is 4. The van der Waals surface area contributed by atoms with E-state index in [0.717, 1.165) is 21.0 Å². The van der Waals surface area contributed by atoms with E-state index in [0.29, 0.717) is 5.01 Å². The highest BCUT2D eigenvalue weighted by Crippen LogP contribution is 2.47. The van der Waals surface area contributed by atoms with Crippen LogP contribution in [0.1, 0.15) is 34.6 Å². The number of carbonyl (C=O) groups is 4. The molecular formula is C16H24N2O8. The van der Waals surface area contributed by atoms with Gasteiger partial charge in [-0.2, -0.15) is 5.01 Å². The van der Waals surface area contributed by atoms with Gasteiger partial charge in [0.2, 0.25) is 5.41 Å². The number of allylic oxidation sites excluding steroid dienone is 1. The molecule has 2 unspecified atom stereocenters. The minimum absolute atomic E-state index is 0.0219. The number of hydrogen-bond acceptors (Lipinski definition) is 9. The van der Waals surface area contributed by atoms with Crippen molar-refractivity contribution in [3.05, 3.63) is 11.3 Å². The summed E-state index contributed by atoms with van der Waals surface area (Å²) in [6.45, 7) is 6.42. The largest absolute Gasteiger partial charge is 0.468 e. The Morgan fingerprint density at radius 2 is 1.69 bits per heavy atom. The molecule has 10 heteroatoms. The first kappa shape index (κ1) is 21.4. The predicted molar refractivity (Wildman–Crippen MR) is 87.1 cm³/mol. The molecule has 0 fully saturated rings. The van der Waals surface area contributed by atoms with Gasteiger partial charge in [-0.1, -0.05) is 0 Å². The van der Waals surface area contributed by atoms with Crippen molar-refractivity contribution in [2.75, 3.05) is 20.3 Å². The minimum atomic E-state index is -2.53. The maximum Gasteiger partial charge on any atom is 0.431 e. The quantitative estimate of drug-likeness (QED) is 0.396. The Morgan fingerprint density at radius 3 is 2.12 bits per heavy atom. The fraction of sp³-hybridized carbons (Fsp3) is 0.625. The lowest BCUT2D eigenvalue weighted by atomic mass is 9.66. The monoisotopic (exact) mass is 372 g/mol. The van der Waals surface area contributed by atoms with E-state index in [1.165, 1.54) is 6.92 Å². The average molecular weight is 372 g/mol. The van der Waals surface area contributed by atoms with Gasteiger partial charge >= 0.3 is 18.0 Å². The van der Waals surface area contributed by atoms with E-state index in [4.69, 9.17) is 14.2 Å². The van der Waals surface area contributed by atoms with Crippen LogP contribution in [0.5, 0.6) is 0 Å². The van der Waals surface area contributed by atoms with Gasteiger partial charge in [-0.05, 0) is 34.6 Å². The molecule has 2 atom stereocenters. The van der Waals surface area contributed by atoms with Crippen molar-refractivity contribution < 1.29 is 38.5 Å². The maximum absolute atomic E-state index is 12.7. The van der Waals surface area contributed by atoms with Crippen molar-refractivity contribution in [3.63, 3.8) is 0 Å². The van der Waals surface area contributed by atoms with Crippen molar-refractivity contribution in [2.45, 2.75) is 40.3 Å². The third-order valence-corrected chi connectivity index (χ3v) is 4.12. The molecule has 0 radical (unpaired) electrons. The summed E-state index contributed by atoms with van der Waals surface area (Å²) >= 11 is 0. The first-order valence-corrected chi connectivity index (χ1v) is 7.97. The van der Waals surface area contributed by atoms with Gasteiger partial charge in [-0.15, -0.1) is 0 Å². The first-order chi connectivity index (χ1) is 12.0. The smallest absolute Gasteiger partial charge is 0.431 e. The van der Waals surface area contributed by atoms with Crippen LogP contribution in [-0.4, -0.2) is 60.0 Å². The molecule has 2 N–H and O–H groups in total. The van der Waals surface area contributed by atoms with Crippen LogP contribution in [0.3, 0.4) is 0 Å². The van der Waals surface area contributed by atoms with Crippen LogP contribution in [0, 0.1) is 5.41 Å². The van der Waals surface area contributed by atoms with E-state index >= 15 is 0 Å². The molecule has 0 saturated heterocycles. The number of amides is 1. The molecule has 10 nitrogen and oxygen atoms in total. The Kier molecular flexibility index (Phi) is 6.37. The van der Waals surface area contributed by atoms with Crippen molar-refractivity contribution in [1.82, 2.24) is 10.4 Å². The molecule has 1 aliphatic heterocycles. The molecule has 0 aromatic heterocycles. The number of aliphatic hydroxyl groups is 1. The number of esters is 2. The normalized spacial score (nSPS) is 25.3. The molecular weight excluding hydrogens is 348 g/mol. The van der Waals surface area contributed by atoms with Crippen LogP contribution in [-0.2, 0) is 28.6 Å². The SMILES string of the molecule is CCOC(=O)C1=C(C)NN(C(=O)OCC)C(C)(O)C1(C(C)=O)C(=O)OC. The highest BCUT2D eigenvalue weighted by atomic mass is 16.6. The number of hydrogen-bond donors (Lipinski definition) is 2. The second-order valence-electron chi connectivity index (χ2n) is 5.69. The number of nitrogens with zero attached hydrogens (tertiary/aromatic N) is 1. The summed E-state index contributed by atoms with van der Waals surface area (Å²) in [5.74, 6) is -3.12. The van der Waals surface area contributed by atoms with Gasteiger partial charge in [0.15, 0.2) is 11.5 Å². The van der Waals surface area contributed by atoms with Gasteiger partial charge < -0.3 is 19.3 Å². The van der Waals surface area contributed by atoms with Crippen molar-refractivity contribution in [3.8, 4) is 0 Å². The summed E-state index contributed by atoms with van der Waals surface area (Å²) in [5.41, 5.74) is -3.04. The Labute approximate surface area is 151 Å². The Hall–Kier alpha value is -2.62. The molecule has 0 aliphatic carbocycles. The zero-order valence-corrected chi connectivity index (χ0v) is 15.7. The second-order valence-corrected chi connectivity index (χ2v) is 5.69. The van der Waals surface area contributed by atoms with Crippen molar-refractivity contribution >= 4 is 23.8 Å². The van der Waals surface area contributed by atoms with Crippen LogP contribution in [0.4, 0.5) is 4.79 Å². The molecule has 1 heterocycles. The van der Waals surface area contributed by atoms with E-state index in [1.807, 2.05) is 0 Å². The third-order valence-electron chi connectivity index (χ3n) is 4.12. The first-order valence-electron chi connectivity index (χ1n) is 7.97. The predicted octanol–water partition coefficient (Wildman–Crippen LogP) is 0.257. The highest BCUT2D eigenvalue weighted by molar-refractivity contribution is 6.15. The zero-order valence-electron chi connectivity index (χ0n) is 15.7. The third kappa shape index (κ3) is 3.00. The number of Topliss-reactive ketones (excluding diaryl/α,β-unsaturated/α-hetero) is 1. The summed E-state index contributed by atoms with van der Waals surface area (Å²) in [7, 11) is 0.998. The van der Waals surface area contributed by atoms with Gasteiger partial charge in [-0.3, -0.25) is 15.0 Å². The van der Waals surface area contributed by atoms with Crippen molar-refractivity contribution in [2.24, 2.45) is 5.41 Å². The van der Waals surface area contributed by atoms with Crippen LogP contribution in [0.15, 0.2) is 11.3 Å². The number of methoxy groups -OCH3 is 1. The molecule has 1 rings (SSSR count). The fourth-order valence-corrected chi connectivity index (χ4v) is 3.04. The topological polar surface area (TPSA) is 131 Å². The number of ketones is 1. The van der Waals surface area contributed by atoms with E-state index in [-0.39, 0.29) is 18.9 Å². The standard InChI is InChI=1S/C16H24N2O8/c1-7-25-12(20)11-9(3)17-18(14(22)26-8-2)15(5,23)16(11,10(4)19)13(21)24-6/h17,23H,7-8H2,1-6H3. The second kappa shape index (κ2) is 7.73. The van der Waals surface area contributed by atoms with Gasteiger partial charge in [0.05, 0.1) is 25.9 Å². The summed E-state index contributed by atoms with van der Waals surface area (Å²) in [5, 5.41) is 11.7. The van der Waals surface area contributed by atoms with E-state index in [9.17, 15) is 24.3 Å². The van der Waals surface area contributed by atoms with Crippen LogP contribution >= 0.6 is 0 Å². The Morgan fingerprint density at radius 1 is 1.15 bits per heavy atom. The van der Waals surface area contributed by atoms with Gasteiger partial charge in [0.1, 0.15) is 0 Å². The lowest BCUT2D eigenvalue weighted by Crippen LogP contribution is -2.73. The summed E-state index contributed by atoms with van der Waals surface area (Å²) in [6.07, 6.45) is -1.05. The van der Waals surface area contributed by atoms with E-state index in [1.54, 1.807) is 13.8 Å². The molecule has 0 aromatic rings. The molecule has 146 valence electrons. The zero-order chi connectivity index (χ0) is 20.3. The summed E-state index contributed by atoms with van der Waals surface area (Å²) in [4.78, 5) is 50.1. The van der Waals surface area contributed by atoms with Crippen molar-refractivity contribution in [1.29, 1.82) is 0 Å². The van der Waals surface area contributed by atoms with E-state index < -0.39 is 40.5 Å². The Balaban J connectivity index is 3.84. The van der Waals surface area contributed by atoms with Crippen LogP contribution < -0.4 is 5.43 Å². The summed E-state index contributed by atoms with van der Waals surface area (Å²) in [6, 6.07) is 0. The highest BCUT2D eigenvalue weighted by Gasteiger charge is 2.69. The van der Waals surface area contributed by atoms with Crippen LogP contribution in [0.25, 0.3) is 0 Å². The minimum Gasteiger partial charge on any atom is -0.468 e. The van der Waals surface area contributed by atoms with Gasteiger partial charge in [-0.25, -0.2) is 9.59 Å². The number of ether oxygens (including phenoxy) is 3. The van der Waals surface area contributed by atoms with Gasteiger partial charge in [0.25, 0.3) is 0 Å². The van der Waals surface area contributed by atoms with Crippen LogP contribution in [0.2, 0.25) is 0 Å². The molecule has 26 heavy (non-hydrogen) atoms. The molecule has 1 amide bonds. The van der Waals surface area contributed by atoms with Gasteiger partial charge in [0, 0.05) is 5.70 Å². The Bertz CT molecular complexity index is 655. The molecule has 0 saturated carbocycles. The number of hydrazine groups is 1. The molecule has 0 bridgehead atoms. The summed E-state index contributed by atoms with van der Waals surface area (Å²) < 4.78 is 14.5. The number of nitrogens with one attached hydrogen (secondary N) is 1. The molecule has 1 aliphatic rings. The molecule has 0 spiro atoms. The molecule has 0 aromatic carbocycles.